The summed E-state index contributed by atoms with van der Waals surface area (Å²) < 4.78 is 5.47. The van der Waals surface area contributed by atoms with Crippen LogP contribution in [0.4, 0.5) is 4.79 Å². The van der Waals surface area contributed by atoms with E-state index in [1.165, 1.54) is 5.56 Å². The predicted octanol–water partition coefficient (Wildman–Crippen LogP) is 2.79. The zero-order chi connectivity index (χ0) is 17.6. The molecule has 5 nitrogen and oxygen atoms in total. The van der Waals surface area contributed by atoms with Crippen LogP contribution in [0.2, 0.25) is 0 Å². The maximum atomic E-state index is 12.3. The number of nitrogens with one attached hydrogen (secondary N) is 1. The van der Waals surface area contributed by atoms with Gasteiger partial charge in [-0.1, -0.05) is 30.3 Å². The minimum Gasteiger partial charge on any atom is -0.444 e. The molecule has 1 aliphatic heterocycles. The van der Waals surface area contributed by atoms with E-state index >= 15 is 0 Å². The summed E-state index contributed by atoms with van der Waals surface area (Å²) in [5.41, 5.74) is 0.414. The minimum atomic E-state index is -0.498. The number of benzene rings is 1. The highest BCUT2D eigenvalue weighted by atomic mass is 16.6. The number of carbonyl (C=O) groups excluding carboxylic acids is 1. The first-order valence-corrected chi connectivity index (χ1v) is 8.67. The third-order valence-corrected chi connectivity index (χ3v) is 4.32. The second kappa shape index (κ2) is 7.99. The topological polar surface area (TPSA) is 61.8 Å². The van der Waals surface area contributed by atoms with E-state index in [1.54, 1.807) is 4.90 Å². The van der Waals surface area contributed by atoms with Gasteiger partial charge in [-0.05, 0) is 39.2 Å². The smallest absolute Gasteiger partial charge is 0.410 e. The molecule has 2 rings (SSSR count). The predicted molar refractivity (Wildman–Crippen MR) is 94.7 cm³/mol. The van der Waals surface area contributed by atoms with E-state index in [2.05, 4.69) is 17.4 Å². The molecule has 134 valence electrons. The summed E-state index contributed by atoms with van der Waals surface area (Å²) >= 11 is 0. The number of nitrogens with zero attached hydrogens (tertiary/aromatic N) is 1. The average Bonchev–Trinajstić information content (AvgIpc) is 2.54. The van der Waals surface area contributed by atoms with Crippen molar-refractivity contribution in [3.8, 4) is 0 Å². The first-order valence-electron chi connectivity index (χ1n) is 8.67. The molecule has 2 N–H and O–H groups in total. The van der Waals surface area contributed by atoms with Gasteiger partial charge in [-0.3, -0.25) is 0 Å². The van der Waals surface area contributed by atoms with Crippen molar-refractivity contribution in [1.82, 2.24) is 10.2 Å². The van der Waals surface area contributed by atoms with Gasteiger partial charge in [0.1, 0.15) is 5.60 Å². The highest BCUT2D eigenvalue weighted by molar-refractivity contribution is 5.68. The molecule has 1 atom stereocenters. The SMILES string of the molecule is CC(C)(C)OC(=O)N1CCCC(CO)(CNCc2ccccc2)C1. The van der Waals surface area contributed by atoms with E-state index in [1.807, 2.05) is 39.0 Å². The quantitative estimate of drug-likeness (QED) is 0.869. The van der Waals surface area contributed by atoms with E-state index < -0.39 is 5.60 Å². The Hall–Kier alpha value is -1.59. The van der Waals surface area contributed by atoms with Crippen molar-refractivity contribution in [1.29, 1.82) is 0 Å². The van der Waals surface area contributed by atoms with Gasteiger partial charge < -0.3 is 20.1 Å². The number of aliphatic hydroxyl groups is 1. The summed E-state index contributed by atoms with van der Waals surface area (Å²) in [6, 6.07) is 10.2. The summed E-state index contributed by atoms with van der Waals surface area (Å²) in [5.74, 6) is 0. The Morgan fingerprint density at radius 2 is 2.04 bits per heavy atom. The molecule has 1 heterocycles. The van der Waals surface area contributed by atoms with E-state index in [4.69, 9.17) is 4.74 Å². The highest BCUT2D eigenvalue weighted by Crippen LogP contribution is 2.30. The Kier molecular flexibility index (Phi) is 6.24. The standard InChI is InChI=1S/C19H30N2O3/c1-18(2,3)24-17(23)21-11-7-10-19(14-21,15-22)13-20-12-16-8-5-4-6-9-16/h4-6,8-9,20,22H,7,10-15H2,1-3H3. The number of hydrogen-bond acceptors (Lipinski definition) is 4. The van der Waals surface area contributed by atoms with Crippen LogP contribution in [0.5, 0.6) is 0 Å². The summed E-state index contributed by atoms with van der Waals surface area (Å²) in [5, 5.41) is 13.4. The van der Waals surface area contributed by atoms with Gasteiger partial charge >= 0.3 is 6.09 Å². The Morgan fingerprint density at radius 1 is 1.33 bits per heavy atom. The van der Waals surface area contributed by atoms with Gasteiger partial charge in [0, 0.05) is 31.6 Å². The number of ether oxygens (including phenoxy) is 1. The van der Waals surface area contributed by atoms with Gasteiger partial charge in [-0.2, -0.15) is 0 Å². The van der Waals surface area contributed by atoms with Crippen molar-refractivity contribution in [2.24, 2.45) is 5.41 Å². The van der Waals surface area contributed by atoms with Crippen LogP contribution >= 0.6 is 0 Å². The molecule has 1 unspecified atom stereocenters. The maximum absolute atomic E-state index is 12.3. The Balaban J connectivity index is 1.91. The molecule has 5 heteroatoms. The van der Waals surface area contributed by atoms with Gasteiger partial charge in [0.25, 0.3) is 0 Å². The third-order valence-electron chi connectivity index (χ3n) is 4.32. The molecule has 1 amide bonds. The molecule has 0 bridgehead atoms. The van der Waals surface area contributed by atoms with E-state index in [-0.39, 0.29) is 18.1 Å². The monoisotopic (exact) mass is 334 g/mol. The molecular weight excluding hydrogens is 304 g/mol. The fourth-order valence-electron chi connectivity index (χ4n) is 3.09. The summed E-state index contributed by atoms with van der Waals surface area (Å²) in [4.78, 5) is 14.0. The van der Waals surface area contributed by atoms with Crippen molar-refractivity contribution in [3.63, 3.8) is 0 Å². The number of carbonyl (C=O) groups is 1. The number of hydrogen-bond donors (Lipinski definition) is 2. The number of rotatable bonds is 5. The molecule has 1 aromatic rings. The number of amides is 1. The van der Waals surface area contributed by atoms with Crippen LogP contribution < -0.4 is 5.32 Å². The van der Waals surface area contributed by atoms with E-state index in [0.29, 0.717) is 19.6 Å². The lowest BCUT2D eigenvalue weighted by molar-refractivity contribution is -0.00827. The lowest BCUT2D eigenvalue weighted by atomic mass is 9.80. The summed E-state index contributed by atoms with van der Waals surface area (Å²) in [7, 11) is 0. The van der Waals surface area contributed by atoms with Gasteiger partial charge in [0.2, 0.25) is 0 Å². The molecule has 0 aliphatic carbocycles. The number of likely N-dealkylation sites (tertiary alicyclic amines) is 1. The van der Waals surface area contributed by atoms with Crippen molar-refractivity contribution < 1.29 is 14.6 Å². The zero-order valence-corrected chi connectivity index (χ0v) is 15.0. The van der Waals surface area contributed by atoms with Gasteiger partial charge in [-0.25, -0.2) is 4.79 Å². The summed E-state index contributed by atoms with van der Waals surface area (Å²) in [6.07, 6.45) is 1.50. The Morgan fingerprint density at radius 3 is 2.67 bits per heavy atom. The Labute approximate surface area is 145 Å². The third kappa shape index (κ3) is 5.49. The molecule has 1 fully saturated rings. The molecule has 0 spiro atoms. The number of aliphatic hydroxyl groups excluding tert-OH is 1. The molecule has 0 saturated carbocycles. The van der Waals surface area contributed by atoms with Gasteiger partial charge in [0.15, 0.2) is 0 Å². The molecule has 24 heavy (non-hydrogen) atoms. The van der Waals surface area contributed by atoms with Crippen LogP contribution in [0.25, 0.3) is 0 Å². The zero-order valence-electron chi connectivity index (χ0n) is 15.0. The number of piperidine rings is 1. The second-order valence-electron chi connectivity index (χ2n) is 7.75. The van der Waals surface area contributed by atoms with Crippen LogP contribution in [0.15, 0.2) is 30.3 Å². The lowest BCUT2D eigenvalue weighted by Gasteiger charge is -2.42. The van der Waals surface area contributed by atoms with E-state index in [0.717, 1.165) is 19.4 Å². The second-order valence-corrected chi connectivity index (χ2v) is 7.75. The van der Waals surface area contributed by atoms with Crippen LogP contribution in [-0.4, -0.2) is 47.9 Å². The van der Waals surface area contributed by atoms with E-state index in [9.17, 15) is 9.90 Å². The largest absolute Gasteiger partial charge is 0.444 e. The van der Waals surface area contributed by atoms with Crippen LogP contribution in [0, 0.1) is 5.41 Å². The lowest BCUT2D eigenvalue weighted by Crippen LogP contribution is -2.52. The fourth-order valence-corrected chi connectivity index (χ4v) is 3.09. The summed E-state index contributed by atoms with van der Waals surface area (Å²) in [6.45, 7) is 8.33. The first-order chi connectivity index (χ1) is 11.3. The van der Waals surface area contributed by atoms with Gasteiger partial charge in [-0.15, -0.1) is 0 Å². The molecule has 0 radical (unpaired) electrons. The normalized spacial score (nSPS) is 21.6. The van der Waals surface area contributed by atoms with Gasteiger partial charge in [0.05, 0.1) is 6.61 Å². The molecule has 1 aliphatic rings. The van der Waals surface area contributed by atoms with Crippen molar-refractivity contribution in [2.45, 2.75) is 45.8 Å². The maximum Gasteiger partial charge on any atom is 0.410 e. The molecule has 1 aromatic carbocycles. The highest BCUT2D eigenvalue weighted by Gasteiger charge is 2.37. The minimum absolute atomic E-state index is 0.0636. The Bertz CT molecular complexity index is 527. The van der Waals surface area contributed by atoms with Crippen LogP contribution in [0.1, 0.15) is 39.2 Å². The van der Waals surface area contributed by atoms with Crippen molar-refractivity contribution >= 4 is 6.09 Å². The average molecular weight is 334 g/mol. The van der Waals surface area contributed by atoms with Crippen LogP contribution in [-0.2, 0) is 11.3 Å². The molecule has 1 saturated heterocycles. The molecule has 0 aromatic heterocycles. The van der Waals surface area contributed by atoms with Crippen LogP contribution in [0.3, 0.4) is 0 Å². The van der Waals surface area contributed by atoms with Crippen molar-refractivity contribution in [2.75, 3.05) is 26.2 Å². The first kappa shape index (κ1) is 18.7. The fraction of sp³-hybridized carbons (Fsp3) is 0.632. The molecular formula is C19H30N2O3. The van der Waals surface area contributed by atoms with Crippen molar-refractivity contribution in [3.05, 3.63) is 35.9 Å².